The van der Waals surface area contributed by atoms with Crippen molar-refractivity contribution in [2.75, 3.05) is 13.2 Å². The minimum Gasteiger partial charge on any atom is -0.428 e. The number of nitriles is 2. The molecule has 0 fully saturated rings. The van der Waals surface area contributed by atoms with Gasteiger partial charge in [0, 0.05) is 0 Å². The summed E-state index contributed by atoms with van der Waals surface area (Å²) in [6, 6.07) is 0. The molecule has 0 saturated carbocycles. The van der Waals surface area contributed by atoms with Crippen LogP contribution in [-0.2, 0) is 9.47 Å². The SMILES string of the molecule is CC(COC#N)C(C)(C)CCCOC#N. The van der Waals surface area contributed by atoms with Crippen molar-refractivity contribution in [1.29, 1.82) is 10.5 Å². The van der Waals surface area contributed by atoms with Crippen LogP contribution in [0.3, 0.4) is 0 Å². The van der Waals surface area contributed by atoms with Gasteiger partial charge in [-0.1, -0.05) is 20.8 Å². The van der Waals surface area contributed by atoms with Crippen LogP contribution in [-0.4, -0.2) is 13.2 Å². The summed E-state index contributed by atoms with van der Waals surface area (Å²) in [5, 5.41) is 16.5. The van der Waals surface area contributed by atoms with Gasteiger partial charge in [0.25, 0.3) is 12.5 Å². The van der Waals surface area contributed by atoms with E-state index in [4.69, 9.17) is 15.3 Å². The van der Waals surface area contributed by atoms with E-state index in [1.807, 2.05) is 0 Å². The maximum absolute atomic E-state index is 8.30. The second-order valence-corrected chi connectivity index (χ2v) is 4.34. The Morgan fingerprint density at radius 2 is 1.80 bits per heavy atom. The van der Waals surface area contributed by atoms with Gasteiger partial charge in [-0.05, 0) is 24.2 Å². The summed E-state index contributed by atoms with van der Waals surface area (Å²) in [6.07, 6.45) is 5.12. The number of ether oxygens (including phenoxy) is 2. The van der Waals surface area contributed by atoms with Crippen molar-refractivity contribution in [3.63, 3.8) is 0 Å². The van der Waals surface area contributed by atoms with Crippen molar-refractivity contribution in [2.24, 2.45) is 11.3 Å². The van der Waals surface area contributed by atoms with Crippen molar-refractivity contribution >= 4 is 0 Å². The summed E-state index contributed by atoms with van der Waals surface area (Å²) < 4.78 is 9.34. The zero-order chi connectivity index (χ0) is 11.7. The van der Waals surface area contributed by atoms with E-state index >= 15 is 0 Å². The van der Waals surface area contributed by atoms with Gasteiger partial charge >= 0.3 is 0 Å². The number of rotatable bonds is 7. The fourth-order valence-corrected chi connectivity index (χ4v) is 1.28. The molecule has 0 radical (unpaired) electrons. The largest absolute Gasteiger partial charge is 0.428 e. The normalized spacial score (nSPS) is 12.3. The van der Waals surface area contributed by atoms with Gasteiger partial charge in [-0.3, -0.25) is 0 Å². The predicted octanol–water partition coefficient (Wildman–Crippen LogP) is 2.42. The molecule has 1 unspecified atom stereocenters. The fraction of sp³-hybridized carbons (Fsp3) is 0.818. The lowest BCUT2D eigenvalue weighted by Gasteiger charge is -2.30. The first-order valence-corrected chi connectivity index (χ1v) is 5.06. The zero-order valence-electron chi connectivity index (χ0n) is 9.62. The number of hydrogen-bond acceptors (Lipinski definition) is 4. The summed E-state index contributed by atoms with van der Waals surface area (Å²) in [6.45, 7) is 7.23. The Balaban J connectivity index is 3.84. The highest BCUT2D eigenvalue weighted by molar-refractivity contribution is 4.76. The molecule has 15 heavy (non-hydrogen) atoms. The van der Waals surface area contributed by atoms with Gasteiger partial charge in [0.2, 0.25) is 0 Å². The number of nitrogens with zero attached hydrogens (tertiary/aromatic N) is 2. The molecule has 0 rings (SSSR count). The summed E-state index contributed by atoms with van der Waals surface area (Å²) >= 11 is 0. The van der Waals surface area contributed by atoms with Crippen molar-refractivity contribution in [3.8, 4) is 12.5 Å². The summed E-state index contributed by atoms with van der Waals surface area (Å²) in [5.74, 6) is 0.305. The minimum atomic E-state index is 0.0929. The molecular formula is C11H18N2O2. The first-order chi connectivity index (χ1) is 7.04. The lowest BCUT2D eigenvalue weighted by atomic mass is 9.77. The second kappa shape index (κ2) is 6.95. The first-order valence-electron chi connectivity index (χ1n) is 5.06. The lowest BCUT2D eigenvalue weighted by Crippen LogP contribution is -2.25. The van der Waals surface area contributed by atoms with Crippen molar-refractivity contribution in [1.82, 2.24) is 0 Å². The van der Waals surface area contributed by atoms with E-state index in [-0.39, 0.29) is 5.41 Å². The van der Waals surface area contributed by atoms with E-state index in [1.54, 1.807) is 12.5 Å². The van der Waals surface area contributed by atoms with Gasteiger partial charge < -0.3 is 9.47 Å². The molecule has 84 valence electrons. The molecule has 0 aliphatic heterocycles. The van der Waals surface area contributed by atoms with Gasteiger partial charge in [0.1, 0.15) is 13.2 Å². The van der Waals surface area contributed by atoms with Crippen LogP contribution < -0.4 is 0 Å². The van der Waals surface area contributed by atoms with E-state index in [2.05, 4.69) is 25.5 Å². The Hall–Kier alpha value is -1.42. The Bertz CT molecular complexity index is 250. The maximum atomic E-state index is 8.30. The van der Waals surface area contributed by atoms with Gasteiger partial charge in [-0.15, -0.1) is 0 Å². The highest BCUT2D eigenvalue weighted by atomic mass is 16.5. The Kier molecular flexibility index (Phi) is 6.29. The van der Waals surface area contributed by atoms with E-state index in [1.165, 1.54) is 0 Å². The average Bonchev–Trinajstić information content (AvgIpc) is 2.21. The first kappa shape index (κ1) is 13.6. The van der Waals surface area contributed by atoms with Crippen LogP contribution in [0, 0.1) is 34.4 Å². The molecule has 0 aromatic rings. The zero-order valence-corrected chi connectivity index (χ0v) is 9.62. The highest BCUT2D eigenvalue weighted by Crippen LogP contribution is 2.31. The van der Waals surface area contributed by atoms with Gasteiger partial charge in [0.15, 0.2) is 0 Å². The Morgan fingerprint density at radius 3 is 2.33 bits per heavy atom. The molecule has 0 bridgehead atoms. The molecule has 0 spiro atoms. The fourth-order valence-electron chi connectivity index (χ4n) is 1.28. The summed E-state index contributed by atoms with van der Waals surface area (Å²) in [4.78, 5) is 0. The second-order valence-electron chi connectivity index (χ2n) is 4.34. The van der Waals surface area contributed by atoms with Crippen LogP contribution in [0.1, 0.15) is 33.6 Å². The molecule has 0 heterocycles. The molecule has 1 atom stereocenters. The van der Waals surface area contributed by atoms with Crippen LogP contribution in [0.4, 0.5) is 0 Å². The van der Waals surface area contributed by atoms with Gasteiger partial charge in [-0.25, -0.2) is 0 Å². The van der Waals surface area contributed by atoms with E-state index in [0.717, 1.165) is 12.8 Å². The van der Waals surface area contributed by atoms with Crippen molar-refractivity contribution in [2.45, 2.75) is 33.6 Å². The standard InChI is InChI=1S/C11H18N2O2/c1-10(7-15-9-13)11(2,3)5-4-6-14-8-12/h10H,4-7H2,1-3H3. The smallest absolute Gasteiger partial charge is 0.286 e. The minimum absolute atomic E-state index is 0.0929. The summed E-state index contributed by atoms with van der Waals surface area (Å²) in [5.41, 5.74) is 0.0929. The molecule has 4 heteroatoms. The molecule has 0 amide bonds. The molecule has 0 saturated heterocycles. The van der Waals surface area contributed by atoms with Gasteiger partial charge in [0.05, 0.1) is 0 Å². The third-order valence-corrected chi connectivity index (χ3v) is 2.86. The van der Waals surface area contributed by atoms with Crippen molar-refractivity contribution in [3.05, 3.63) is 0 Å². The third kappa shape index (κ3) is 5.80. The van der Waals surface area contributed by atoms with Crippen LogP contribution in [0.2, 0.25) is 0 Å². The van der Waals surface area contributed by atoms with E-state index in [0.29, 0.717) is 19.1 Å². The molecule has 0 N–H and O–H groups in total. The average molecular weight is 210 g/mol. The number of hydrogen-bond donors (Lipinski definition) is 0. The van der Waals surface area contributed by atoms with Crippen LogP contribution in [0.15, 0.2) is 0 Å². The predicted molar refractivity (Wildman–Crippen MR) is 55.3 cm³/mol. The van der Waals surface area contributed by atoms with Crippen LogP contribution in [0.25, 0.3) is 0 Å². The molecular weight excluding hydrogens is 192 g/mol. The maximum Gasteiger partial charge on any atom is 0.286 e. The van der Waals surface area contributed by atoms with Crippen LogP contribution >= 0.6 is 0 Å². The lowest BCUT2D eigenvalue weighted by molar-refractivity contribution is 0.108. The van der Waals surface area contributed by atoms with E-state index < -0.39 is 0 Å². The summed E-state index contributed by atoms with van der Waals surface area (Å²) in [7, 11) is 0. The molecule has 4 nitrogen and oxygen atoms in total. The van der Waals surface area contributed by atoms with Gasteiger partial charge in [-0.2, -0.15) is 10.5 Å². The Morgan fingerprint density at radius 1 is 1.20 bits per heavy atom. The molecule has 0 aromatic heterocycles. The highest BCUT2D eigenvalue weighted by Gasteiger charge is 2.25. The topological polar surface area (TPSA) is 66.0 Å². The monoisotopic (exact) mass is 210 g/mol. The Labute approximate surface area is 91.4 Å². The quantitative estimate of drug-likeness (QED) is 0.478. The van der Waals surface area contributed by atoms with E-state index in [9.17, 15) is 0 Å². The third-order valence-electron chi connectivity index (χ3n) is 2.86. The van der Waals surface area contributed by atoms with Crippen LogP contribution in [0.5, 0.6) is 0 Å². The molecule has 0 aliphatic carbocycles. The molecule has 0 aromatic carbocycles. The van der Waals surface area contributed by atoms with Crippen molar-refractivity contribution < 1.29 is 9.47 Å². The molecule has 0 aliphatic rings.